The molecule has 0 heterocycles. The molecular formula is C20H21FO2. The maximum Gasteiger partial charge on any atom is 0.123 e. The summed E-state index contributed by atoms with van der Waals surface area (Å²) >= 11 is 0. The predicted octanol–water partition coefficient (Wildman–Crippen LogP) is 5.05. The van der Waals surface area contributed by atoms with Gasteiger partial charge in [-0.3, -0.25) is 0 Å². The number of halogens is 1. The van der Waals surface area contributed by atoms with Crippen molar-refractivity contribution >= 4 is 0 Å². The Labute approximate surface area is 136 Å². The van der Waals surface area contributed by atoms with Gasteiger partial charge in [0.05, 0.1) is 6.26 Å². The molecule has 1 aliphatic carbocycles. The first-order valence-electron chi connectivity index (χ1n) is 8.02. The number of benzene rings is 2. The first-order chi connectivity index (χ1) is 11.3. The highest BCUT2D eigenvalue weighted by Gasteiger charge is 2.34. The Morgan fingerprint density at radius 1 is 1.17 bits per heavy atom. The summed E-state index contributed by atoms with van der Waals surface area (Å²) in [5, 5.41) is 8.79. The van der Waals surface area contributed by atoms with Gasteiger partial charge in [0.15, 0.2) is 0 Å². The summed E-state index contributed by atoms with van der Waals surface area (Å²) < 4.78 is 19.4. The van der Waals surface area contributed by atoms with E-state index in [1.54, 1.807) is 12.1 Å². The number of rotatable bonds is 7. The molecule has 0 amide bonds. The molecule has 1 unspecified atom stereocenters. The summed E-state index contributed by atoms with van der Waals surface area (Å²) in [5.41, 5.74) is 2.01. The highest BCUT2D eigenvalue weighted by atomic mass is 19.1. The van der Waals surface area contributed by atoms with Gasteiger partial charge in [-0.25, -0.2) is 4.39 Å². The second-order valence-corrected chi connectivity index (χ2v) is 6.07. The fraction of sp³-hybridized carbons (Fsp3) is 0.300. The molecule has 3 rings (SSSR count). The van der Waals surface area contributed by atoms with E-state index in [2.05, 4.69) is 0 Å². The summed E-state index contributed by atoms with van der Waals surface area (Å²) in [6.07, 6.45) is 5.85. The number of allylic oxidation sites excluding steroid dienone is 1. The average molecular weight is 312 g/mol. The van der Waals surface area contributed by atoms with Gasteiger partial charge in [-0.1, -0.05) is 30.3 Å². The topological polar surface area (TPSA) is 29.5 Å². The van der Waals surface area contributed by atoms with E-state index in [0.29, 0.717) is 18.4 Å². The van der Waals surface area contributed by atoms with Crippen molar-refractivity contribution in [3.05, 3.63) is 77.8 Å². The van der Waals surface area contributed by atoms with E-state index in [1.165, 1.54) is 6.07 Å². The van der Waals surface area contributed by atoms with E-state index in [1.807, 2.05) is 36.4 Å². The zero-order valence-electron chi connectivity index (χ0n) is 13.0. The van der Waals surface area contributed by atoms with Crippen LogP contribution in [0.25, 0.3) is 0 Å². The van der Waals surface area contributed by atoms with Gasteiger partial charge < -0.3 is 9.84 Å². The van der Waals surface area contributed by atoms with E-state index in [4.69, 9.17) is 9.84 Å². The smallest absolute Gasteiger partial charge is 0.123 e. The molecule has 0 aliphatic heterocycles. The molecule has 2 aromatic rings. The van der Waals surface area contributed by atoms with Crippen LogP contribution in [0.3, 0.4) is 0 Å². The predicted molar refractivity (Wildman–Crippen MR) is 88.9 cm³/mol. The largest absolute Gasteiger partial charge is 0.516 e. The SMILES string of the molecule is O/C=C/C1C[C@@H]1CCc1cc(F)ccc1OCc1ccccc1. The Bertz CT molecular complexity index is 667. The van der Waals surface area contributed by atoms with Crippen molar-refractivity contribution in [1.29, 1.82) is 0 Å². The molecule has 0 bridgehead atoms. The van der Waals surface area contributed by atoms with Crippen molar-refractivity contribution in [3.63, 3.8) is 0 Å². The van der Waals surface area contributed by atoms with Gasteiger partial charge in [0.25, 0.3) is 0 Å². The molecular weight excluding hydrogens is 291 g/mol. The lowest BCUT2D eigenvalue weighted by Gasteiger charge is -2.12. The molecule has 2 atom stereocenters. The number of ether oxygens (including phenoxy) is 1. The van der Waals surface area contributed by atoms with Gasteiger partial charge >= 0.3 is 0 Å². The average Bonchev–Trinajstić information content (AvgIpc) is 3.31. The third kappa shape index (κ3) is 4.35. The summed E-state index contributed by atoms with van der Waals surface area (Å²) in [5.74, 6) is 1.59. The quantitative estimate of drug-likeness (QED) is 0.725. The van der Waals surface area contributed by atoms with Gasteiger partial charge in [-0.05, 0) is 66.5 Å². The van der Waals surface area contributed by atoms with Crippen LogP contribution in [0.2, 0.25) is 0 Å². The van der Waals surface area contributed by atoms with E-state index < -0.39 is 0 Å². The molecule has 0 radical (unpaired) electrons. The highest BCUT2D eigenvalue weighted by molar-refractivity contribution is 5.34. The fourth-order valence-electron chi connectivity index (χ4n) is 2.91. The molecule has 2 aromatic carbocycles. The van der Waals surface area contributed by atoms with Gasteiger partial charge in [0, 0.05) is 0 Å². The van der Waals surface area contributed by atoms with Crippen molar-refractivity contribution in [1.82, 2.24) is 0 Å². The van der Waals surface area contributed by atoms with E-state index in [-0.39, 0.29) is 5.82 Å². The molecule has 3 heteroatoms. The minimum absolute atomic E-state index is 0.227. The van der Waals surface area contributed by atoms with Crippen LogP contribution in [0.5, 0.6) is 5.75 Å². The molecule has 1 aliphatic rings. The van der Waals surface area contributed by atoms with Crippen LogP contribution in [0, 0.1) is 17.7 Å². The Hall–Kier alpha value is -2.29. The Morgan fingerprint density at radius 3 is 2.78 bits per heavy atom. The molecule has 120 valence electrons. The zero-order chi connectivity index (χ0) is 16.1. The standard InChI is InChI=1S/C20H21FO2/c21-19-8-9-20(23-14-15-4-2-1-3-5-15)18(13-19)7-6-16-12-17(16)10-11-22/h1-5,8-11,13,16-17,22H,6-7,12,14H2/b11-10+/t16-,17?/m0/s1. The van der Waals surface area contributed by atoms with Crippen LogP contribution in [-0.4, -0.2) is 5.11 Å². The second kappa shape index (κ2) is 7.32. The minimum Gasteiger partial charge on any atom is -0.516 e. The Balaban J connectivity index is 1.61. The van der Waals surface area contributed by atoms with Crippen LogP contribution in [0.4, 0.5) is 4.39 Å². The van der Waals surface area contributed by atoms with Crippen molar-refractivity contribution in [2.45, 2.75) is 25.9 Å². The minimum atomic E-state index is -0.227. The van der Waals surface area contributed by atoms with E-state index >= 15 is 0 Å². The molecule has 0 aromatic heterocycles. The summed E-state index contributed by atoms with van der Waals surface area (Å²) in [6, 6.07) is 14.7. The normalized spacial score (nSPS) is 19.9. The lowest BCUT2D eigenvalue weighted by atomic mass is 10.1. The molecule has 23 heavy (non-hydrogen) atoms. The molecule has 2 nitrogen and oxygen atoms in total. The summed E-state index contributed by atoms with van der Waals surface area (Å²) in [6.45, 7) is 0.485. The van der Waals surface area contributed by atoms with Crippen LogP contribution in [0.15, 0.2) is 60.9 Å². The van der Waals surface area contributed by atoms with Gasteiger partial charge in [0.2, 0.25) is 0 Å². The van der Waals surface area contributed by atoms with Gasteiger partial charge in [-0.2, -0.15) is 0 Å². The molecule has 0 saturated heterocycles. The van der Waals surface area contributed by atoms with Crippen LogP contribution in [-0.2, 0) is 13.0 Å². The zero-order valence-corrected chi connectivity index (χ0v) is 13.0. The van der Waals surface area contributed by atoms with Crippen LogP contribution in [0.1, 0.15) is 24.0 Å². The number of aliphatic hydroxyl groups is 1. The van der Waals surface area contributed by atoms with Crippen LogP contribution >= 0.6 is 0 Å². The summed E-state index contributed by atoms with van der Waals surface area (Å²) in [7, 11) is 0. The lowest BCUT2D eigenvalue weighted by molar-refractivity contribution is 0.302. The first-order valence-corrected chi connectivity index (χ1v) is 8.02. The maximum absolute atomic E-state index is 13.5. The Kier molecular flexibility index (Phi) is 4.96. The molecule has 0 spiro atoms. The number of aliphatic hydroxyl groups excluding tert-OH is 1. The van der Waals surface area contributed by atoms with Gasteiger partial charge in [-0.15, -0.1) is 0 Å². The van der Waals surface area contributed by atoms with Crippen LogP contribution < -0.4 is 4.74 Å². The van der Waals surface area contributed by atoms with Crippen molar-refractivity contribution in [2.75, 3.05) is 0 Å². The van der Waals surface area contributed by atoms with Crippen molar-refractivity contribution < 1.29 is 14.2 Å². The highest BCUT2D eigenvalue weighted by Crippen LogP contribution is 2.43. The van der Waals surface area contributed by atoms with E-state index in [9.17, 15) is 4.39 Å². The number of hydrogen-bond donors (Lipinski definition) is 1. The summed E-state index contributed by atoms with van der Waals surface area (Å²) in [4.78, 5) is 0. The third-order valence-corrected chi connectivity index (χ3v) is 4.35. The monoisotopic (exact) mass is 312 g/mol. The van der Waals surface area contributed by atoms with Gasteiger partial charge in [0.1, 0.15) is 18.2 Å². The number of hydrogen-bond acceptors (Lipinski definition) is 2. The third-order valence-electron chi connectivity index (χ3n) is 4.35. The second-order valence-electron chi connectivity index (χ2n) is 6.07. The molecule has 1 saturated carbocycles. The maximum atomic E-state index is 13.5. The molecule has 1 N–H and O–H groups in total. The first kappa shape index (κ1) is 15.6. The van der Waals surface area contributed by atoms with Crippen molar-refractivity contribution in [2.24, 2.45) is 11.8 Å². The van der Waals surface area contributed by atoms with Crippen molar-refractivity contribution in [3.8, 4) is 5.75 Å². The fourth-order valence-corrected chi connectivity index (χ4v) is 2.91. The Morgan fingerprint density at radius 2 is 2.00 bits per heavy atom. The van der Waals surface area contributed by atoms with E-state index in [0.717, 1.165) is 42.4 Å². The molecule has 1 fully saturated rings. The number of aryl methyl sites for hydroxylation is 1. The lowest BCUT2D eigenvalue weighted by Crippen LogP contribution is -2.00.